The highest BCUT2D eigenvalue weighted by Crippen LogP contribution is 2.24. The molecule has 4 rings (SSSR count). The molecule has 0 amide bonds. The molecule has 0 spiro atoms. The molecule has 26 heavy (non-hydrogen) atoms. The van der Waals surface area contributed by atoms with Gasteiger partial charge in [0.15, 0.2) is 0 Å². The molecule has 1 heterocycles. The Bertz CT molecular complexity index is 1100. The normalized spacial score (nSPS) is 11.5. The largest absolute Gasteiger partial charge is 0.343 e. The molecule has 0 atom stereocenters. The van der Waals surface area contributed by atoms with E-state index in [9.17, 15) is 4.39 Å². The molecule has 0 unspecified atom stereocenters. The van der Waals surface area contributed by atoms with Crippen LogP contribution in [0.4, 0.5) is 10.1 Å². The lowest BCUT2D eigenvalue weighted by Gasteiger charge is -2.06. The molecule has 0 N–H and O–H groups in total. The van der Waals surface area contributed by atoms with E-state index in [1.807, 2.05) is 48.8 Å². The minimum absolute atomic E-state index is 0.204. The SMILES string of the molecule is Fc1cccc(Cn2ccc3cc(C=Nc4ccccc4Br)ccc32)c1. The molecule has 4 heteroatoms. The van der Waals surface area contributed by atoms with Crippen LogP contribution in [0.5, 0.6) is 0 Å². The highest BCUT2D eigenvalue weighted by molar-refractivity contribution is 9.10. The fourth-order valence-corrected chi connectivity index (χ4v) is 3.36. The Hall–Kier alpha value is -2.72. The molecule has 4 aromatic rings. The van der Waals surface area contributed by atoms with Crippen LogP contribution in [-0.4, -0.2) is 10.8 Å². The molecule has 2 nitrogen and oxygen atoms in total. The highest BCUT2D eigenvalue weighted by Gasteiger charge is 2.04. The van der Waals surface area contributed by atoms with Crippen LogP contribution in [0.15, 0.2) is 88.5 Å². The van der Waals surface area contributed by atoms with Gasteiger partial charge in [-0.05, 0) is 69.5 Å². The van der Waals surface area contributed by atoms with E-state index in [1.54, 1.807) is 12.1 Å². The van der Waals surface area contributed by atoms with E-state index < -0.39 is 0 Å². The second-order valence-electron chi connectivity index (χ2n) is 6.10. The fourth-order valence-electron chi connectivity index (χ4n) is 2.97. The zero-order chi connectivity index (χ0) is 17.9. The Kier molecular flexibility index (Phi) is 4.67. The van der Waals surface area contributed by atoms with Crippen molar-refractivity contribution in [1.29, 1.82) is 0 Å². The van der Waals surface area contributed by atoms with Gasteiger partial charge in [-0.2, -0.15) is 0 Å². The van der Waals surface area contributed by atoms with Crippen molar-refractivity contribution < 1.29 is 4.39 Å². The molecule has 128 valence electrons. The summed E-state index contributed by atoms with van der Waals surface area (Å²) in [5.74, 6) is -0.204. The van der Waals surface area contributed by atoms with Crippen molar-refractivity contribution in [2.24, 2.45) is 4.99 Å². The van der Waals surface area contributed by atoms with Crippen molar-refractivity contribution in [3.05, 3.63) is 100 Å². The van der Waals surface area contributed by atoms with E-state index in [4.69, 9.17) is 0 Å². The van der Waals surface area contributed by atoms with Crippen molar-refractivity contribution in [2.75, 3.05) is 0 Å². The zero-order valence-electron chi connectivity index (χ0n) is 13.9. The third kappa shape index (κ3) is 3.60. The number of hydrogen-bond donors (Lipinski definition) is 0. The number of para-hydroxylation sites is 1. The first-order valence-corrected chi connectivity index (χ1v) is 9.10. The Morgan fingerprint density at radius 1 is 0.962 bits per heavy atom. The molecule has 0 aliphatic carbocycles. The van der Waals surface area contributed by atoms with Crippen LogP contribution < -0.4 is 0 Å². The van der Waals surface area contributed by atoms with Gasteiger partial charge in [-0.3, -0.25) is 4.99 Å². The number of nitrogens with zero attached hydrogens (tertiary/aromatic N) is 2. The minimum Gasteiger partial charge on any atom is -0.343 e. The fraction of sp³-hybridized carbons (Fsp3) is 0.0455. The van der Waals surface area contributed by atoms with Gasteiger partial charge in [-0.15, -0.1) is 0 Å². The van der Waals surface area contributed by atoms with Gasteiger partial charge in [-0.25, -0.2) is 4.39 Å². The molecule has 0 saturated heterocycles. The highest BCUT2D eigenvalue weighted by atomic mass is 79.9. The summed E-state index contributed by atoms with van der Waals surface area (Å²) >= 11 is 3.51. The number of fused-ring (bicyclic) bond motifs is 1. The Morgan fingerprint density at radius 3 is 2.69 bits per heavy atom. The van der Waals surface area contributed by atoms with Crippen LogP contribution in [0, 0.1) is 5.82 Å². The van der Waals surface area contributed by atoms with Crippen LogP contribution in [0.2, 0.25) is 0 Å². The second kappa shape index (κ2) is 7.26. The van der Waals surface area contributed by atoms with Crippen molar-refractivity contribution in [1.82, 2.24) is 4.57 Å². The predicted molar refractivity (Wildman–Crippen MR) is 109 cm³/mol. The minimum atomic E-state index is -0.204. The van der Waals surface area contributed by atoms with Crippen LogP contribution in [-0.2, 0) is 6.54 Å². The maximum atomic E-state index is 13.4. The van der Waals surface area contributed by atoms with Crippen LogP contribution in [0.3, 0.4) is 0 Å². The zero-order valence-corrected chi connectivity index (χ0v) is 15.5. The summed E-state index contributed by atoms with van der Waals surface area (Å²) in [5.41, 5.74) is 4.00. The molecule has 1 aromatic heterocycles. The molecule has 0 bridgehead atoms. The summed E-state index contributed by atoms with van der Waals surface area (Å²) in [4.78, 5) is 4.55. The number of halogens is 2. The van der Waals surface area contributed by atoms with Crippen LogP contribution in [0.1, 0.15) is 11.1 Å². The Labute approximate surface area is 159 Å². The lowest BCUT2D eigenvalue weighted by molar-refractivity contribution is 0.624. The van der Waals surface area contributed by atoms with Gasteiger partial charge in [0.05, 0.1) is 5.69 Å². The maximum absolute atomic E-state index is 13.4. The van der Waals surface area contributed by atoms with Gasteiger partial charge < -0.3 is 4.57 Å². The number of benzene rings is 3. The average Bonchev–Trinajstić information content (AvgIpc) is 3.03. The predicted octanol–water partition coefficient (Wildman–Crippen LogP) is 6.34. The van der Waals surface area contributed by atoms with E-state index in [1.165, 1.54) is 6.07 Å². The molecule has 0 radical (unpaired) electrons. The van der Waals surface area contributed by atoms with Crippen LogP contribution >= 0.6 is 15.9 Å². The van der Waals surface area contributed by atoms with Crippen LogP contribution in [0.25, 0.3) is 10.9 Å². The molecular weight excluding hydrogens is 391 g/mol. The summed E-state index contributed by atoms with van der Waals surface area (Å²) in [7, 11) is 0. The number of rotatable bonds is 4. The van der Waals surface area contributed by atoms with E-state index in [0.29, 0.717) is 6.54 Å². The molecule has 0 fully saturated rings. The van der Waals surface area contributed by atoms with Crippen molar-refractivity contribution in [3.63, 3.8) is 0 Å². The standard InChI is InChI=1S/C22H16BrFN2/c23-20-6-1-2-7-21(20)25-14-16-8-9-22-18(12-16)10-11-26(22)15-17-4-3-5-19(24)13-17/h1-14H,15H2. The topological polar surface area (TPSA) is 17.3 Å². The first kappa shape index (κ1) is 16.7. The van der Waals surface area contributed by atoms with Crippen molar-refractivity contribution in [3.8, 4) is 0 Å². The lowest BCUT2D eigenvalue weighted by Crippen LogP contribution is -1.98. The van der Waals surface area contributed by atoms with E-state index in [0.717, 1.165) is 32.2 Å². The first-order valence-electron chi connectivity index (χ1n) is 8.31. The third-order valence-corrected chi connectivity index (χ3v) is 4.91. The van der Waals surface area contributed by atoms with E-state index >= 15 is 0 Å². The van der Waals surface area contributed by atoms with Gasteiger partial charge in [0.1, 0.15) is 5.82 Å². The molecule has 0 aliphatic rings. The summed E-state index contributed by atoms with van der Waals surface area (Å²) in [6.07, 6.45) is 3.90. The Morgan fingerprint density at radius 2 is 1.85 bits per heavy atom. The van der Waals surface area contributed by atoms with Gasteiger partial charge in [-0.1, -0.05) is 30.3 Å². The molecule has 0 aliphatic heterocycles. The smallest absolute Gasteiger partial charge is 0.123 e. The summed E-state index contributed by atoms with van der Waals surface area (Å²) < 4.78 is 16.5. The quantitative estimate of drug-likeness (QED) is 0.351. The lowest BCUT2D eigenvalue weighted by atomic mass is 10.1. The molecule has 3 aromatic carbocycles. The number of aromatic nitrogens is 1. The summed E-state index contributed by atoms with van der Waals surface area (Å²) in [5, 5.41) is 1.14. The van der Waals surface area contributed by atoms with E-state index in [-0.39, 0.29) is 5.82 Å². The monoisotopic (exact) mass is 406 g/mol. The number of aliphatic imine (C=N–C) groups is 1. The molecule has 0 saturated carbocycles. The number of hydrogen-bond acceptors (Lipinski definition) is 1. The second-order valence-corrected chi connectivity index (χ2v) is 6.96. The van der Waals surface area contributed by atoms with Gasteiger partial charge >= 0.3 is 0 Å². The third-order valence-electron chi connectivity index (χ3n) is 4.24. The maximum Gasteiger partial charge on any atom is 0.123 e. The Balaban J connectivity index is 1.60. The van der Waals surface area contributed by atoms with Gasteiger partial charge in [0.25, 0.3) is 0 Å². The van der Waals surface area contributed by atoms with Crippen molar-refractivity contribution >= 4 is 38.7 Å². The summed E-state index contributed by atoms with van der Waals surface area (Å²) in [6, 6.07) is 22.9. The van der Waals surface area contributed by atoms with Gasteiger partial charge in [0.2, 0.25) is 0 Å². The summed E-state index contributed by atoms with van der Waals surface area (Å²) in [6.45, 7) is 0.645. The van der Waals surface area contributed by atoms with Crippen molar-refractivity contribution in [2.45, 2.75) is 6.54 Å². The van der Waals surface area contributed by atoms with Gasteiger partial charge in [0, 0.05) is 34.3 Å². The first-order chi connectivity index (χ1) is 12.7. The van der Waals surface area contributed by atoms with E-state index in [2.05, 4.69) is 43.7 Å². The average molecular weight is 407 g/mol. The molecular formula is C22H16BrFN2.